The number of hydrogen-bond acceptors (Lipinski definition) is 4. The molecule has 0 spiro atoms. The Hall–Kier alpha value is -1.81. The van der Waals surface area contributed by atoms with E-state index in [1.54, 1.807) is 0 Å². The lowest BCUT2D eigenvalue weighted by molar-refractivity contribution is 0.409. The van der Waals surface area contributed by atoms with Crippen LogP contribution in [-0.2, 0) is 0 Å². The Morgan fingerprint density at radius 1 is 1.17 bits per heavy atom. The minimum atomic E-state index is 0.868. The molecular formula is C14H17N3O. The molecule has 0 saturated carbocycles. The number of aromatic nitrogens is 1. The molecule has 1 saturated heterocycles. The first-order chi connectivity index (χ1) is 8.83. The van der Waals surface area contributed by atoms with Gasteiger partial charge in [-0.25, -0.2) is 0 Å². The predicted octanol–water partition coefficient (Wildman–Crippen LogP) is 2.06. The molecule has 1 aromatic carbocycles. The Morgan fingerprint density at radius 3 is 2.61 bits per heavy atom. The molecule has 18 heavy (non-hydrogen) atoms. The van der Waals surface area contributed by atoms with Crippen molar-refractivity contribution < 1.29 is 4.52 Å². The lowest BCUT2D eigenvalue weighted by atomic mass is 10.1. The van der Waals surface area contributed by atoms with Crippen LogP contribution in [-0.4, -0.2) is 31.3 Å². The molecule has 1 fully saturated rings. The monoisotopic (exact) mass is 243 g/mol. The first-order valence-corrected chi connectivity index (χ1v) is 6.32. The van der Waals surface area contributed by atoms with Gasteiger partial charge in [0.2, 0.25) is 5.88 Å². The van der Waals surface area contributed by atoms with E-state index in [2.05, 4.69) is 46.6 Å². The van der Waals surface area contributed by atoms with Crippen LogP contribution in [0.4, 0.5) is 5.88 Å². The van der Waals surface area contributed by atoms with Gasteiger partial charge in [0, 0.05) is 37.8 Å². The molecule has 0 aliphatic carbocycles. The lowest BCUT2D eigenvalue weighted by Crippen LogP contribution is -2.43. The summed E-state index contributed by atoms with van der Waals surface area (Å²) in [5.41, 5.74) is 3.26. The van der Waals surface area contributed by atoms with Crippen molar-refractivity contribution >= 4 is 5.88 Å². The number of benzene rings is 1. The summed E-state index contributed by atoms with van der Waals surface area (Å²) in [6.07, 6.45) is 0. The van der Waals surface area contributed by atoms with Crippen LogP contribution in [0.5, 0.6) is 0 Å². The van der Waals surface area contributed by atoms with Crippen molar-refractivity contribution in [2.24, 2.45) is 0 Å². The highest BCUT2D eigenvalue weighted by molar-refractivity contribution is 5.62. The number of rotatable bonds is 2. The molecule has 0 bridgehead atoms. The van der Waals surface area contributed by atoms with Crippen LogP contribution in [0.15, 0.2) is 34.9 Å². The molecule has 94 valence electrons. The van der Waals surface area contributed by atoms with E-state index in [0.717, 1.165) is 43.3 Å². The van der Waals surface area contributed by atoms with Gasteiger partial charge in [-0.05, 0) is 6.92 Å². The van der Waals surface area contributed by atoms with E-state index < -0.39 is 0 Å². The number of piperazine rings is 1. The molecule has 1 aliphatic rings. The van der Waals surface area contributed by atoms with Gasteiger partial charge in [-0.15, -0.1) is 0 Å². The number of aryl methyl sites for hydroxylation is 1. The third-order valence-corrected chi connectivity index (χ3v) is 3.27. The maximum absolute atomic E-state index is 5.44. The van der Waals surface area contributed by atoms with Crippen LogP contribution in [0.2, 0.25) is 0 Å². The molecule has 1 aromatic heterocycles. The minimum absolute atomic E-state index is 0.868. The quantitative estimate of drug-likeness (QED) is 0.876. The first-order valence-electron chi connectivity index (χ1n) is 6.32. The van der Waals surface area contributed by atoms with Crippen molar-refractivity contribution in [1.29, 1.82) is 0 Å². The van der Waals surface area contributed by atoms with Gasteiger partial charge in [-0.1, -0.05) is 35.0 Å². The fourth-order valence-corrected chi connectivity index (χ4v) is 2.16. The SMILES string of the molecule is Cc1ccc(-c2cc(N3CCNCC3)on2)cc1. The third-order valence-electron chi connectivity index (χ3n) is 3.27. The van der Waals surface area contributed by atoms with Crippen molar-refractivity contribution in [2.75, 3.05) is 31.1 Å². The number of hydrogen-bond donors (Lipinski definition) is 1. The highest BCUT2D eigenvalue weighted by Crippen LogP contribution is 2.24. The molecule has 2 aromatic rings. The van der Waals surface area contributed by atoms with E-state index >= 15 is 0 Å². The average Bonchev–Trinajstić information content (AvgIpc) is 2.90. The van der Waals surface area contributed by atoms with Crippen LogP contribution < -0.4 is 10.2 Å². The zero-order valence-electron chi connectivity index (χ0n) is 10.5. The normalized spacial score (nSPS) is 15.9. The Bertz CT molecular complexity index is 512. The summed E-state index contributed by atoms with van der Waals surface area (Å²) < 4.78 is 5.44. The molecule has 0 unspecified atom stereocenters. The number of anilines is 1. The van der Waals surface area contributed by atoms with E-state index in [1.807, 2.05) is 6.07 Å². The Labute approximate surface area is 107 Å². The van der Waals surface area contributed by atoms with Gasteiger partial charge in [0.25, 0.3) is 0 Å². The van der Waals surface area contributed by atoms with Crippen molar-refractivity contribution in [3.8, 4) is 11.3 Å². The van der Waals surface area contributed by atoms with Crippen molar-refractivity contribution in [3.63, 3.8) is 0 Å². The third kappa shape index (κ3) is 2.24. The maximum atomic E-state index is 5.44. The molecule has 4 nitrogen and oxygen atoms in total. The molecular weight excluding hydrogens is 226 g/mol. The van der Waals surface area contributed by atoms with Crippen LogP contribution in [0.3, 0.4) is 0 Å². The molecule has 0 amide bonds. The molecule has 1 N–H and O–H groups in total. The van der Waals surface area contributed by atoms with Crippen molar-refractivity contribution in [3.05, 3.63) is 35.9 Å². The van der Waals surface area contributed by atoms with Gasteiger partial charge < -0.3 is 14.7 Å². The topological polar surface area (TPSA) is 41.3 Å². The van der Waals surface area contributed by atoms with Gasteiger partial charge in [0.1, 0.15) is 5.69 Å². The molecule has 0 radical (unpaired) electrons. The zero-order chi connectivity index (χ0) is 12.4. The second-order valence-electron chi connectivity index (χ2n) is 4.65. The van der Waals surface area contributed by atoms with Crippen LogP contribution in [0.25, 0.3) is 11.3 Å². The average molecular weight is 243 g/mol. The lowest BCUT2D eigenvalue weighted by Gasteiger charge is -2.25. The van der Waals surface area contributed by atoms with Crippen LogP contribution in [0.1, 0.15) is 5.56 Å². The fraction of sp³-hybridized carbons (Fsp3) is 0.357. The molecule has 4 heteroatoms. The van der Waals surface area contributed by atoms with E-state index in [4.69, 9.17) is 4.52 Å². The van der Waals surface area contributed by atoms with E-state index in [-0.39, 0.29) is 0 Å². The highest BCUT2D eigenvalue weighted by Gasteiger charge is 2.15. The Kier molecular flexibility index (Phi) is 3.02. The Balaban J connectivity index is 1.82. The van der Waals surface area contributed by atoms with E-state index in [0.29, 0.717) is 0 Å². The van der Waals surface area contributed by atoms with Gasteiger partial charge in [0.15, 0.2) is 0 Å². The molecule has 0 atom stereocenters. The van der Waals surface area contributed by atoms with Gasteiger partial charge >= 0.3 is 0 Å². The summed E-state index contributed by atoms with van der Waals surface area (Å²) in [5, 5.41) is 7.48. The summed E-state index contributed by atoms with van der Waals surface area (Å²) in [4.78, 5) is 2.22. The smallest absolute Gasteiger partial charge is 0.227 e. The number of nitrogens with one attached hydrogen (secondary N) is 1. The summed E-state index contributed by atoms with van der Waals surface area (Å²) in [6.45, 7) is 6.03. The van der Waals surface area contributed by atoms with Gasteiger partial charge in [-0.2, -0.15) is 0 Å². The molecule has 1 aliphatic heterocycles. The second kappa shape index (κ2) is 4.82. The van der Waals surface area contributed by atoms with Crippen molar-refractivity contribution in [2.45, 2.75) is 6.92 Å². The predicted molar refractivity (Wildman–Crippen MR) is 71.8 cm³/mol. The van der Waals surface area contributed by atoms with E-state index in [9.17, 15) is 0 Å². The number of nitrogens with zero attached hydrogens (tertiary/aromatic N) is 2. The maximum Gasteiger partial charge on any atom is 0.227 e. The summed E-state index contributed by atoms with van der Waals surface area (Å²) in [5.74, 6) is 0.868. The summed E-state index contributed by atoms with van der Waals surface area (Å²) in [6, 6.07) is 10.4. The van der Waals surface area contributed by atoms with Crippen molar-refractivity contribution in [1.82, 2.24) is 10.5 Å². The summed E-state index contributed by atoms with van der Waals surface area (Å²) in [7, 11) is 0. The fourth-order valence-electron chi connectivity index (χ4n) is 2.16. The van der Waals surface area contributed by atoms with Gasteiger partial charge in [-0.3, -0.25) is 0 Å². The Morgan fingerprint density at radius 2 is 1.89 bits per heavy atom. The van der Waals surface area contributed by atoms with Crippen LogP contribution in [0, 0.1) is 6.92 Å². The second-order valence-corrected chi connectivity index (χ2v) is 4.65. The molecule has 3 rings (SSSR count). The largest absolute Gasteiger partial charge is 0.338 e. The first kappa shape index (κ1) is 11.3. The van der Waals surface area contributed by atoms with Gasteiger partial charge in [0.05, 0.1) is 0 Å². The van der Waals surface area contributed by atoms with Crippen LogP contribution >= 0.6 is 0 Å². The minimum Gasteiger partial charge on any atom is -0.338 e. The highest BCUT2D eigenvalue weighted by atomic mass is 16.5. The zero-order valence-corrected chi connectivity index (χ0v) is 10.5. The summed E-state index contributed by atoms with van der Waals surface area (Å²) >= 11 is 0. The van der Waals surface area contributed by atoms with E-state index in [1.165, 1.54) is 5.56 Å². The standard InChI is InChI=1S/C14H17N3O/c1-11-2-4-12(5-3-11)13-10-14(18-16-13)17-8-6-15-7-9-17/h2-5,10,15H,6-9H2,1H3. The molecule has 2 heterocycles.